The smallest absolute Gasteiger partial charge is 0.0496 e. The van der Waals surface area contributed by atoms with Crippen LogP contribution in [0.4, 0.5) is 0 Å². The molecule has 0 bridgehead atoms. The van der Waals surface area contributed by atoms with Crippen molar-refractivity contribution < 1.29 is 0 Å². The number of rotatable bonds is 1. The summed E-state index contributed by atoms with van der Waals surface area (Å²) in [6, 6.07) is -0.426. The molecule has 1 N–H and O–H groups in total. The molecule has 0 saturated heterocycles. The van der Waals surface area contributed by atoms with Crippen LogP contribution in [0.3, 0.4) is 0 Å². The Bertz CT molecular complexity index is 33.9. The maximum Gasteiger partial charge on any atom is 0.0496 e. The lowest BCUT2D eigenvalue weighted by Crippen LogP contribution is -2.00. The lowest BCUT2D eigenvalue weighted by Gasteiger charge is -1.81. The quantitative estimate of drug-likeness (QED) is 0.426. The van der Waals surface area contributed by atoms with E-state index in [1.54, 1.807) is 0 Å². The van der Waals surface area contributed by atoms with E-state index in [4.69, 9.17) is 5.73 Å². The molecule has 0 saturated carbocycles. The number of hydrogen-bond donors (Lipinski definition) is 0. The molecule has 0 heterocycles. The van der Waals surface area contributed by atoms with E-state index in [-0.39, 0.29) is 0 Å². The average molecular weight is 87.1 g/mol. The normalized spacial score (nSPS) is 14.0. The van der Waals surface area contributed by atoms with E-state index in [0.29, 0.717) is 0 Å². The standard InChI is InChI=1S/C3H5NS/c1-3(4)2-5/h2-4H,1H2. The third-order valence-corrected chi connectivity index (χ3v) is 0.493. The van der Waals surface area contributed by atoms with Gasteiger partial charge in [0.15, 0.2) is 0 Å². The number of nitrogens with one attached hydrogen (secondary N) is 1. The van der Waals surface area contributed by atoms with E-state index >= 15 is 0 Å². The summed E-state index contributed by atoms with van der Waals surface area (Å²) < 4.78 is 0. The van der Waals surface area contributed by atoms with Gasteiger partial charge < -0.3 is 0 Å². The molecule has 0 aromatic carbocycles. The van der Waals surface area contributed by atoms with Gasteiger partial charge in [-0.05, 0) is 12.3 Å². The maximum absolute atomic E-state index is 6.56. The van der Waals surface area contributed by atoms with Gasteiger partial charge in [-0.25, -0.2) is 5.73 Å². The molecule has 0 fully saturated rings. The van der Waals surface area contributed by atoms with E-state index in [0.717, 1.165) is 0 Å². The fourth-order valence-corrected chi connectivity index (χ4v) is 0. The van der Waals surface area contributed by atoms with Crippen molar-refractivity contribution in [3.8, 4) is 0 Å². The van der Waals surface area contributed by atoms with Crippen molar-refractivity contribution in [1.82, 2.24) is 5.73 Å². The third kappa shape index (κ3) is 4.05. The van der Waals surface area contributed by atoms with Crippen LogP contribution in [0, 0.1) is 6.92 Å². The largest absolute Gasteiger partial charge is 0.250 e. The van der Waals surface area contributed by atoms with Crippen LogP contribution in [0.25, 0.3) is 0 Å². The molecule has 5 heavy (non-hydrogen) atoms. The Balaban J connectivity index is 2.83. The SMILES string of the molecule is [CH2]C([NH])C=S. The molecule has 0 rings (SSSR count). The zero-order valence-electron chi connectivity index (χ0n) is 2.77. The molecule has 0 aliphatic rings. The molecule has 0 aromatic rings. The highest BCUT2D eigenvalue weighted by Crippen LogP contribution is 1.63. The summed E-state index contributed by atoms with van der Waals surface area (Å²) in [4.78, 5) is 0. The molecule has 0 spiro atoms. The Labute approximate surface area is 37.2 Å². The first-order valence-electron chi connectivity index (χ1n) is 1.27. The van der Waals surface area contributed by atoms with Gasteiger partial charge in [-0.15, -0.1) is 0 Å². The molecule has 1 atom stereocenters. The molecule has 0 aliphatic heterocycles. The Morgan fingerprint density at radius 1 is 2.00 bits per heavy atom. The van der Waals surface area contributed by atoms with Crippen LogP contribution >= 0.6 is 12.2 Å². The van der Waals surface area contributed by atoms with Gasteiger partial charge in [0.25, 0.3) is 0 Å². The average Bonchev–Trinajstić information content (AvgIpc) is 1.38. The van der Waals surface area contributed by atoms with Crippen LogP contribution in [0.2, 0.25) is 0 Å². The van der Waals surface area contributed by atoms with Gasteiger partial charge in [0, 0.05) is 6.04 Å². The van der Waals surface area contributed by atoms with Crippen LogP contribution in [-0.4, -0.2) is 11.4 Å². The Morgan fingerprint density at radius 3 is 2.20 bits per heavy atom. The summed E-state index contributed by atoms with van der Waals surface area (Å²) in [5, 5.41) is 1.31. The van der Waals surface area contributed by atoms with E-state index < -0.39 is 6.04 Å². The predicted octanol–water partition coefficient (Wildman–Crippen LogP) is 0.472. The fourth-order valence-electron chi connectivity index (χ4n) is 0. The lowest BCUT2D eigenvalue weighted by molar-refractivity contribution is 1.07. The van der Waals surface area contributed by atoms with E-state index in [9.17, 15) is 0 Å². The van der Waals surface area contributed by atoms with Crippen LogP contribution in [0.5, 0.6) is 0 Å². The topological polar surface area (TPSA) is 23.8 Å². The van der Waals surface area contributed by atoms with Crippen molar-refractivity contribution >= 4 is 17.6 Å². The van der Waals surface area contributed by atoms with Crippen LogP contribution in [0.15, 0.2) is 0 Å². The van der Waals surface area contributed by atoms with Gasteiger partial charge >= 0.3 is 0 Å². The molecule has 1 unspecified atom stereocenters. The maximum atomic E-state index is 6.56. The van der Waals surface area contributed by atoms with Gasteiger partial charge in [-0.1, -0.05) is 12.2 Å². The van der Waals surface area contributed by atoms with Gasteiger partial charge in [-0.2, -0.15) is 0 Å². The van der Waals surface area contributed by atoms with Crippen LogP contribution in [-0.2, 0) is 0 Å². The van der Waals surface area contributed by atoms with Crippen molar-refractivity contribution in [3.05, 3.63) is 6.92 Å². The second kappa shape index (κ2) is 2.30. The highest BCUT2D eigenvalue weighted by atomic mass is 32.1. The summed E-state index contributed by atoms with van der Waals surface area (Å²) in [6.45, 7) is 3.26. The summed E-state index contributed by atoms with van der Waals surface area (Å²) in [6.07, 6.45) is 0. The number of hydrogen-bond acceptors (Lipinski definition) is 1. The minimum atomic E-state index is -0.426. The first-order valence-corrected chi connectivity index (χ1v) is 1.74. The van der Waals surface area contributed by atoms with Crippen molar-refractivity contribution in [1.29, 1.82) is 0 Å². The molecule has 0 amide bonds. The first kappa shape index (κ1) is 5.05. The van der Waals surface area contributed by atoms with E-state index in [1.807, 2.05) is 0 Å². The summed E-state index contributed by atoms with van der Waals surface area (Å²) >= 11 is 4.30. The minimum Gasteiger partial charge on any atom is -0.250 e. The van der Waals surface area contributed by atoms with Crippen LogP contribution < -0.4 is 5.73 Å². The summed E-state index contributed by atoms with van der Waals surface area (Å²) in [5.74, 6) is 0. The molecule has 0 aromatic heterocycles. The van der Waals surface area contributed by atoms with Gasteiger partial charge in [-0.3, -0.25) is 0 Å². The summed E-state index contributed by atoms with van der Waals surface area (Å²) in [7, 11) is 0. The van der Waals surface area contributed by atoms with Crippen molar-refractivity contribution in [3.63, 3.8) is 0 Å². The van der Waals surface area contributed by atoms with Gasteiger partial charge in [0.2, 0.25) is 0 Å². The molecular formula is C3H5NS. The Kier molecular flexibility index (Phi) is 2.32. The molecule has 1 nitrogen and oxygen atoms in total. The monoisotopic (exact) mass is 87.0 g/mol. The van der Waals surface area contributed by atoms with Crippen molar-refractivity contribution in [2.24, 2.45) is 0 Å². The molecule has 2 radical (unpaired) electrons. The fraction of sp³-hybridized carbons (Fsp3) is 0.333. The zero-order chi connectivity index (χ0) is 4.28. The second-order valence-electron chi connectivity index (χ2n) is 0.743. The Morgan fingerprint density at radius 2 is 2.20 bits per heavy atom. The lowest BCUT2D eigenvalue weighted by atomic mass is 10.4. The van der Waals surface area contributed by atoms with Gasteiger partial charge in [0.1, 0.15) is 0 Å². The predicted molar refractivity (Wildman–Crippen MR) is 25.9 cm³/mol. The molecular weight excluding hydrogens is 82.1 g/mol. The second-order valence-corrected chi connectivity index (χ2v) is 1.01. The van der Waals surface area contributed by atoms with Gasteiger partial charge in [0.05, 0.1) is 0 Å². The number of thiocarbonyl (C=S) groups is 1. The minimum absolute atomic E-state index is 0.426. The highest BCUT2D eigenvalue weighted by Gasteiger charge is 1.77. The van der Waals surface area contributed by atoms with E-state index in [1.165, 1.54) is 5.37 Å². The van der Waals surface area contributed by atoms with Crippen LogP contribution in [0.1, 0.15) is 0 Å². The molecule has 2 heteroatoms. The Hall–Kier alpha value is 0.0500. The molecule has 0 aliphatic carbocycles. The van der Waals surface area contributed by atoms with E-state index in [2.05, 4.69) is 19.1 Å². The van der Waals surface area contributed by atoms with Crippen molar-refractivity contribution in [2.75, 3.05) is 0 Å². The first-order chi connectivity index (χ1) is 2.27. The van der Waals surface area contributed by atoms with Crippen molar-refractivity contribution in [2.45, 2.75) is 6.04 Å². The zero-order valence-corrected chi connectivity index (χ0v) is 3.59. The highest BCUT2D eigenvalue weighted by molar-refractivity contribution is 7.79. The summed E-state index contributed by atoms with van der Waals surface area (Å²) in [5.41, 5.74) is 6.56. The third-order valence-electron chi connectivity index (χ3n) is 0.164. The molecule has 28 valence electrons.